The Bertz CT molecular complexity index is 1190. The minimum Gasteiger partial charge on any atom is -0.462 e. The lowest BCUT2D eigenvalue weighted by molar-refractivity contribution is -0.183. The summed E-state index contributed by atoms with van der Waals surface area (Å²) in [5.74, 6) is -2.31. The number of esters is 2. The molecule has 0 radical (unpaired) electrons. The molecule has 0 saturated heterocycles. The molecule has 2 N–H and O–H groups in total. The van der Waals surface area contributed by atoms with Crippen molar-refractivity contribution in [1.82, 2.24) is 0 Å². The fourth-order valence-electron chi connectivity index (χ4n) is 7.03. The van der Waals surface area contributed by atoms with E-state index in [2.05, 4.69) is 6.58 Å². The second kappa shape index (κ2) is 10.3. The van der Waals surface area contributed by atoms with Crippen LogP contribution in [0, 0.1) is 22.7 Å². The molecule has 2 bridgehead atoms. The summed E-state index contributed by atoms with van der Waals surface area (Å²) in [6.45, 7) is 13.0. The highest BCUT2D eigenvalue weighted by Crippen LogP contribution is 2.59. The molecular weight excluding hydrogens is 484 g/mol. The molecule has 4 rings (SSSR count). The van der Waals surface area contributed by atoms with Crippen LogP contribution < -0.4 is 0 Å². The number of ether oxygens (including phenoxy) is 2. The molecule has 3 aliphatic rings. The second-order valence-corrected chi connectivity index (χ2v) is 11.7. The first-order valence-electron chi connectivity index (χ1n) is 13.2. The Kier molecular flexibility index (Phi) is 7.56. The number of Topliss-reactive ketones (excluding diaryl/α,β-unsaturated/α-hetero) is 1. The van der Waals surface area contributed by atoms with Crippen LogP contribution in [0.25, 0.3) is 6.08 Å². The van der Waals surface area contributed by atoms with Gasteiger partial charge in [0.1, 0.15) is 18.3 Å². The molecule has 0 unspecified atom stereocenters. The summed E-state index contributed by atoms with van der Waals surface area (Å²) < 4.78 is 11.8. The Morgan fingerprint density at radius 2 is 1.76 bits per heavy atom. The number of ketones is 1. The zero-order chi connectivity index (χ0) is 28.0. The molecule has 7 atom stereocenters. The van der Waals surface area contributed by atoms with Gasteiger partial charge in [0, 0.05) is 36.7 Å². The van der Waals surface area contributed by atoms with Crippen molar-refractivity contribution in [2.45, 2.75) is 78.3 Å². The van der Waals surface area contributed by atoms with E-state index in [1.807, 2.05) is 51.1 Å². The van der Waals surface area contributed by atoms with E-state index in [1.54, 1.807) is 13.0 Å². The maximum absolute atomic E-state index is 13.1. The van der Waals surface area contributed by atoms with Crippen LogP contribution in [0.3, 0.4) is 0 Å². The number of carbonyl (C=O) groups is 3. The molecule has 204 valence electrons. The molecule has 7 nitrogen and oxygen atoms in total. The molecule has 38 heavy (non-hydrogen) atoms. The van der Waals surface area contributed by atoms with Crippen molar-refractivity contribution in [2.75, 3.05) is 0 Å². The lowest BCUT2D eigenvalue weighted by atomic mass is 9.49. The highest BCUT2D eigenvalue weighted by atomic mass is 16.6. The summed E-state index contributed by atoms with van der Waals surface area (Å²) in [6.07, 6.45) is -0.0817. The predicted molar refractivity (Wildman–Crippen MR) is 142 cm³/mol. The van der Waals surface area contributed by atoms with Gasteiger partial charge in [0.25, 0.3) is 0 Å². The fraction of sp³-hybridized carbons (Fsp3) is 0.516. The van der Waals surface area contributed by atoms with Crippen molar-refractivity contribution in [3.05, 3.63) is 65.3 Å². The maximum Gasteiger partial charge on any atom is 0.331 e. The van der Waals surface area contributed by atoms with Gasteiger partial charge >= 0.3 is 11.9 Å². The summed E-state index contributed by atoms with van der Waals surface area (Å²) in [5, 5.41) is 23.1. The first-order valence-corrected chi connectivity index (χ1v) is 13.2. The number of hydrogen-bond acceptors (Lipinski definition) is 7. The first-order chi connectivity index (χ1) is 17.8. The van der Waals surface area contributed by atoms with Crippen molar-refractivity contribution in [2.24, 2.45) is 22.7 Å². The van der Waals surface area contributed by atoms with Gasteiger partial charge in [-0.3, -0.25) is 9.59 Å². The van der Waals surface area contributed by atoms with Crippen molar-refractivity contribution in [3.63, 3.8) is 0 Å². The van der Waals surface area contributed by atoms with E-state index >= 15 is 0 Å². The van der Waals surface area contributed by atoms with Crippen LogP contribution in [0.2, 0.25) is 0 Å². The molecule has 7 heteroatoms. The monoisotopic (exact) mass is 522 g/mol. The average molecular weight is 523 g/mol. The number of rotatable bonds is 4. The molecule has 2 saturated carbocycles. The average Bonchev–Trinajstić information content (AvgIpc) is 2.85. The van der Waals surface area contributed by atoms with Crippen molar-refractivity contribution in [3.8, 4) is 0 Å². The maximum atomic E-state index is 13.1. The van der Waals surface area contributed by atoms with Gasteiger partial charge in [-0.05, 0) is 53.5 Å². The van der Waals surface area contributed by atoms with E-state index in [0.717, 1.165) is 5.56 Å². The molecule has 0 spiro atoms. The van der Waals surface area contributed by atoms with Gasteiger partial charge in [0.2, 0.25) is 0 Å². The molecule has 1 aromatic carbocycles. The number of allylic oxidation sites excluding steroid dienone is 1. The molecule has 0 aromatic heterocycles. The largest absolute Gasteiger partial charge is 0.462 e. The summed E-state index contributed by atoms with van der Waals surface area (Å²) in [6, 6.07) is 9.38. The molecule has 2 fully saturated rings. The minimum atomic E-state index is -1.27. The van der Waals surface area contributed by atoms with Crippen LogP contribution in [-0.2, 0) is 23.9 Å². The van der Waals surface area contributed by atoms with E-state index in [9.17, 15) is 24.6 Å². The van der Waals surface area contributed by atoms with Crippen LogP contribution in [-0.4, -0.2) is 52.4 Å². The van der Waals surface area contributed by atoms with Crippen molar-refractivity contribution in [1.29, 1.82) is 0 Å². The number of benzene rings is 1. The first kappa shape index (κ1) is 28.0. The van der Waals surface area contributed by atoms with Crippen LogP contribution in [0.5, 0.6) is 0 Å². The number of aliphatic hydroxyl groups excluding tert-OH is 2. The third-order valence-electron chi connectivity index (χ3n) is 9.08. The second-order valence-electron chi connectivity index (χ2n) is 11.7. The quantitative estimate of drug-likeness (QED) is 0.347. The van der Waals surface area contributed by atoms with Crippen LogP contribution in [0.1, 0.15) is 59.4 Å². The normalized spacial score (nSPS) is 34.8. The van der Waals surface area contributed by atoms with E-state index in [-0.39, 0.29) is 12.2 Å². The minimum absolute atomic E-state index is 0.132. The van der Waals surface area contributed by atoms with Gasteiger partial charge in [0.15, 0.2) is 5.78 Å². The zero-order valence-electron chi connectivity index (χ0n) is 22.8. The van der Waals surface area contributed by atoms with Gasteiger partial charge in [-0.1, -0.05) is 57.7 Å². The van der Waals surface area contributed by atoms with Crippen LogP contribution >= 0.6 is 0 Å². The SMILES string of the molecule is C=C1[C@@H](OC(=O)/C=C\c2ccccc2)CC[C@@]2(C)[C@@H](O)[C@H](O)C3=C(C)C(=O)C[C@@H]([C@@H](OC(C)=O)[C@H]12)C3(C)C. The standard InChI is InChI=1S/C31H38O7/c1-17-22(33)16-21-28(37-19(3)32)26-18(2)23(38-24(34)13-12-20-10-8-7-9-11-20)14-15-31(26,6)29(36)27(35)25(17)30(21,4)5/h7-13,21,23,26-29,35-36H,2,14-16H2,1,3-6H3/b13-12-/t21-,23-,26-,27+,28+,29-,31+/m0/s1. The Hall–Kier alpha value is -3.03. The third kappa shape index (κ3) is 4.78. The lowest BCUT2D eigenvalue weighted by Gasteiger charge is -2.58. The number of fused-ring (bicyclic) bond motifs is 3. The highest BCUT2D eigenvalue weighted by molar-refractivity contribution is 5.97. The van der Waals surface area contributed by atoms with Crippen molar-refractivity contribution >= 4 is 23.8 Å². The lowest BCUT2D eigenvalue weighted by Crippen LogP contribution is -2.62. The number of aliphatic hydroxyl groups is 2. The zero-order valence-corrected chi connectivity index (χ0v) is 22.8. The summed E-state index contributed by atoms with van der Waals surface area (Å²) >= 11 is 0. The van der Waals surface area contributed by atoms with Gasteiger partial charge in [-0.2, -0.15) is 0 Å². The van der Waals surface area contributed by atoms with Crippen molar-refractivity contribution < 1.29 is 34.1 Å². The predicted octanol–water partition coefficient (Wildman–Crippen LogP) is 4.18. The molecule has 0 amide bonds. The molecule has 0 aliphatic heterocycles. The van der Waals surface area contributed by atoms with E-state index in [1.165, 1.54) is 13.0 Å². The Morgan fingerprint density at radius 1 is 1.11 bits per heavy atom. The van der Waals surface area contributed by atoms with Gasteiger partial charge in [0.05, 0.1) is 6.10 Å². The highest BCUT2D eigenvalue weighted by Gasteiger charge is 2.62. The summed E-state index contributed by atoms with van der Waals surface area (Å²) in [4.78, 5) is 38.2. The van der Waals surface area contributed by atoms with E-state index < -0.39 is 59.0 Å². The van der Waals surface area contributed by atoms with Gasteiger partial charge in [-0.15, -0.1) is 0 Å². The van der Waals surface area contributed by atoms with Crippen LogP contribution in [0.15, 0.2) is 59.7 Å². The Labute approximate surface area is 224 Å². The summed E-state index contributed by atoms with van der Waals surface area (Å²) in [7, 11) is 0. The number of hydrogen-bond donors (Lipinski definition) is 2. The van der Waals surface area contributed by atoms with Crippen LogP contribution in [0.4, 0.5) is 0 Å². The Morgan fingerprint density at radius 3 is 2.39 bits per heavy atom. The fourth-order valence-corrected chi connectivity index (χ4v) is 7.03. The molecule has 0 heterocycles. The molecule has 3 aliphatic carbocycles. The van der Waals surface area contributed by atoms with E-state index in [0.29, 0.717) is 29.6 Å². The van der Waals surface area contributed by atoms with Gasteiger partial charge < -0.3 is 19.7 Å². The Balaban J connectivity index is 1.73. The van der Waals surface area contributed by atoms with Gasteiger partial charge in [-0.25, -0.2) is 4.79 Å². The summed E-state index contributed by atoms with van der Waals surface area (Å²) in [5.41, 5.74) is 0.620. The number of carbonyl (C=O) groups excluding carboxylic acids is 3. The molecular formula is C31H38O7. The molecule has 1 aromatic rings. The van der Waals surface area contributed by atoms with E-state index in [4.69, 9.17) is 9.47 Å². The smallest absolute Gasteiger partial charge is 0.331 e. The third-order valence-corrected chi connectivity index (χ3v) is 9.08. The topological polar surface area (TPSA) is 110 Å².